The van der Waals surface area contributed by atoms with Crippen LogP contribution >= 0.6 is 0 Å². The van der Waals surface area contributed by atoms with E-state index in [0.717, 1.165) is 12.8 Å². The van der Waals surface area contributed by atoms with Gasteiger partial charge < -0.3 is 13.3 Å². The molecular weight excluding hydrogens is 437 g/mol. The van der Waals surface area contributed by atoms with Gasteiger partial charge in [0.1, 0.15) is 0 Å². The molecule has 0 aliphatic rings. The van der Waals surface area contributed by atoms with Crippen LogP contribution in [-0.2, 0) is 13.3 Å². The van der Waals surface area contributed by atoms with Crippen molar-refractivity contribution in [1.82, 2.24) is 0 Å². The zero-order chi connectivity index (χ0) is 24.6. The van der Waals surface area contributed by atoms with Crippen LogP contribution < -0.4 is 0 Å². The molecule has 0 N–H and O–H groups in total. The third-order valence-corrected chi connectivity index (χ3v) is 21.3. The molecule has 0 saturated heterocycles. The molecule has 0 aromatic heterocycles. The molecule has 0 saturated carbocycles. The minimum absolute atomic E-state index is 0.0309. The van der Waals surface area contributed by atoms with Gasteiger partial charge in [0.2, 0.25) is 8.32 Å². The Hall–Kier alpha value is 0.748. The summed E-state index contributed by atoms with van der Waals surface area (Å²) in [6.45, 7) is 39.7. The van der Waals surface area contributed by atoms with Crippen LogP contribution in [0.1, 0.15) is 68.2 Å². The Morgan fingerprint density at radius 2 is 1.10 bits per heavy atom. The Kier molecular flexibility index (Phi) is 9.78. The Morgan fingerprint density at radius 3 is 1.40 bits per heavy atom. The van der Waals surface area contributed by atoms with Crippen LogP contribution in [0.4, 0.5) is 0 Å². The van der Waals surface area contributed by atoms with Gasteiger partial charge in [0, 0.05) is 10.3 Å². The van der Waals surface area contributed by atoms with E-state index in [0.29, 0.717) is 0 Å². The van der Waals surface area contributed by atoms with Gasteiger partial charge in [-0.15, -0.1) is 0 Å². The van der Waals surface area contributed by atoms with Crippen LogP contribution in [0.15, 0.2) is 0 Å². The Morgan fingerprint density at radius 1 is 0.667 bits per heavy atom. The van der Waals surface area contributed by atoms with Gasteiger partial charge in [-0.05, 0) is 86.7 Å². The molecule has 7 heteroatoms. The quantitative estimate of drug-likeness (QED) is 0.261. The Bertz CT molecular complexity index is 564. The van der Waals surface area contributed by atoms with Crippen molar-refractivity contribution in [2.24, 2.45) is 0 Å². The first-order chi connectivity index (χ1) is 12.9. The lowest BCUT2D eigenvalue weighted by molar-refractivity contribution is -0.00430. The Balaban J connectivity index is 6.07. The molecule has 3 atom stereocenters. The molecule has 0 aromatic carbocycles. The molecule has 0 amide bonds. The average molecular weight is 493 g/mol. The minimum atomic E-state index is -2.18. The highest BCUT2D eigenvalue weighted by atomic mass is 28.4. The second kappa shape index (κ2) is 9.55. The van der Waals surface area contributed by atoms with Crippen molar-refractivity contribution >= 4 is 33.7 Å². The summed E-state index contributed by atoms with van der Waals surface area (Å²) >= 11 is 0. The van der Waals surface area contributed by atoms with Gasteiger partial charge in [-0.1, -0.05) is 40.4 Å². The molecule has 0 aromatic rings. The van der Waals surface area contributed by atoms with Crippen LogP contribution in [0.5, 0.6) is 0 Å². The number of hydrogen-bond donors (Lipinski definition) is 0. The molecule has 0 aliphatic carbocycles. The van der Waals surface area contributed by atoms with Crippen molar-refractivity contribution in [2.45, 2.75) is 148 Å². The van der Waals surface area contributed by atoms with Crippen molar-refractivity contribution < 1.29 is 13.3 Å². The maximum absolute atomic E-state index is 7.26. The molecule has 0 fully saturated rings. The first-order valence-corrected chi connectivity index (χ1v) is 24.0. The SMILES string of the molecule is CCC(C)(O[Si](C)(C)C(C)(C)O[Si](C)(C)C)C(C)(CC)[SiH](C)OC(C)(C)[Si](C)(C)C. The van der Waals surface area contributed by atoms with E-state index in [9.17, 15) is 0 Å². The first-order valence-electron chi connectivity index (χ1n) is 12.0. The normalized spacial score (nSPS) is 19.9. The lowest BCUT2D eigenvalue weighted by Gasteiger charge is -2.56. The van der Waals surface area contributed by atoms with Crippen molar-refractivity contribution in [3.05, 3.63) is 0 Å². The lowest BCUT2D eigenvalue weighted by Crippen LogP contribution is -2.64. The summed E-state index contributed by atoms with van der Waals surface area (Å²) in [5, 5.41) is -0.221. The van der Waals surface area contributed by atoms with Gasteiger partial charge in [-0.3, -0.25) is 0 Å². The van der Waals surface area contributed by atoms with Crippen LogP contribution in [0.3, 0.4) is 0 Å². The lowest BCUT2D eigenvalue weighted by atomic mass is 9.85. The second-order valence-electron chi connectivity index (χ2n) is 13.2. The third-order valence-electron chi connectivity index (χ3n) is 8.28. The predicted octanol–water partition coefficient (Wildman–Crippen LogP) is 7.74. The van der Waals surface area contributed by atoms with Crippen LogP contribution in [-0.4, -0.2) is 49.8 Å². The van der Waals surface area contributed by atoms with Gasteiger partial charge in [0.15, 0.2) is 17.4 Å². The fourth-order valence-electron chi connectivity index (χ4n) is 4.01. The fourth-order valence-corrected chi connectivity index (χ4v) is 14.1. The van der Waals surface area contributed by atoms with Crippen LogP contribution in [0.25, 0.3) is 0 Å². The van der Waals surface area contributed by atoms with Crippen molar-refractivity contribution in [2.75, 3.05) is 0 Å². The summed E-state index contributed by atoms with van der Waals surface area (Å²) in [6, 6.07) is 0. The Labute approximate surface area is 195 Å². The zero-order valence-electron chi connectivity index (χ0n) is 23.7. The number of hydrogen-bond acceptors (Lipinski definition) is 3. The summed E-state index contributed by atoms with van der Waals surface area (Å²) < 4.78 is 20.9. The highest BCUT2D eigenvalue weighted by Crippen LogP contribution is 2.52. The van der Waals surface area contributed by atoms with Gasteiger partial charge in [0.25, 0.3) is 0 Å². The highest BCUT2D eigenvalue weighted by Gasteiger charge is 2.56. The molecule has 0 heterocycles. The van der Waals surface area contributed by atoms with Gasteiger partial charge in [0.05, 0.1) is 18.9 Å². The monoisotopic (exact) mass is 492 g/mol. The molecule has 30 heavy (non-hydrogen) atoms. The standard InChI is InChI=1S/C23H56O3Si4/c1-18-22(7,26-30(16,17)21(5,6)25-29(13,14)15)23(8,19-2)27(9)24-20(3,4)28(10,11)12/h27H,18-19H2,1-17H3. The number of rotatable bonds is 12. The summed E-state index contributed by atoms with van der Waals surface area (Å²) in [5.41, 5.74) is -0.224. The van der Waals surface area contributed by atoms with E-state index in [1.54, 1.807) is 0 Å². The van der Waals surface area contributed by atoms with Gasteiger partial charge in [-0.2, -0.15) is 0 Å². The summed E-state index contributed by atoms with van der Waals surface area (Å²) in [5.74, 6) is 0. The van der Waals surface area contributed by atoms with Gasteiger partial charge in [-0.25, -0.2) is 0 Å². The fraction of sp³-hybridized carbons (Fsp3) is 1.00. The van der Waals surface area contributed by atoms with E-state index in [1.165, 1.54) is 0 Å². The van der Waals surface area contributed by atoms with E-state index in [-0.39, 0.29) is 21.1 Å². The first kappa shape index (κ1) is 30.7. The molecule has 0 aliphatic heterocycles. The molecule has 3 unspecified atom stereocenters. The van der Waals surface area contributed by atoms with Gasteiger partial charge >= 0.3 is 0 Å². The molecule has 0 rings (SSSR count). The van der Waals surface area contributed by atoms with Crippen LogP contribution in [0.2, 0.25) is 64.0 Å². The van der Waals surface area contributed by atoms with E-state index >= 15 is 0 Å². The van der Waals surface area contributed by atoms with Crippen LogP contribution in [0, 0.1) is 0 Å². The molecule has 3 nitrogen and oxygen atoms in total. The highest BCUT2D eigenvalue weighted by molar-refractivity contribution is 6.79. The van der Waals surface area contributed by atoms with Crippen molar-refractivity contribution in [3.63, 3.8) is 0 Å². The molecule has 0 spiro atoms. The zero-order valence-corrected chi connectivity index (χ0v) is 27.9. The predicted molar refractivity (Wildman–Crippen MR) is 146 cm³/mol. The minimum Gasteiger partial charge on any atom is -0.417 e. The average Bonchev–Trinajstić information content (AvgIpc) is 2.49. The molecule has 182 valence electrons. The summed E-state index contributed by atoms with van der Waals surface area (Å²) in [4.78, 5) is 0. The largest absolute Gasteiger partial charge is 0.417 e. The second-order valence-corrected chi connectivity index (χ2v) is 30.6. The topological polar surface area (TPSA) is 27.7 Å². The van der Waals surface area contributed by atoms with E-state index in [1.807, 2.05) is 0 Å². The van der Waals surface area contributed by atoms with Crippen molar-refractivity contribution in [1.29, 1.82) is 0 Å². The smallest absolute Gasteiger partial charge is 0.216 e. The maximum Gasteiger partial charge on any atom is 0.216 e. The van der Waals surface area contributed by atoms with Crippen molar-refractivity contribution in [3.8, 4) is 0 Å². The summed E-state index contributed by atoms with van der Waals surface area (Å²) in [6.07, 6.45) is 2.07. The molecular formula is C23H56O3Si4. The third kappa shape index (κ3) is 6.87. The molecule has 0 radical (unpaired) electrons. The summed E-state index contributed by atoms with van der Waals surface area (Å²) in [7, 11) is -6.88. The van der Waals surface area contributed by atoms with E-state index < -0.39 is 33.7 Å². The molecule has 0 bridgehead atoms. The van der Waals surface area contributed by atoms with E-state index in [2.05, 4.69) is 114 Å². The maximum atomic E-state index is 7.26. The van der Waals surface area contributed by atoms with E-state index in [4.69, 9.17) is 13.3 Å².